The van der Waals surface area contributed by atoms with E-state index in [0.717, 1.165) is 23.9 Å². The van der Waals surface area contributed by atoms with Crippen molar-refractivity contribution in [2.24, 2.45) is 5.73 Å². The van der Waals surface area contributed by atoms with E-state index in [4.69, 9.17) is 10.2 Å². The molecule has 2 atom stereocenters. The summed E-state index contributed by atoms with van der Waals surface area (Å²) >= 11 is 0. The minimum Gasteiger partial charge on any atom is -0.424 e. The van der Waals surface area contributed by atoms with Crippen LogP contribution in [0.25, 0.3) is 11.1 Å². The molecule has 4 heteroatoms. The van der Waals surface area contributed by atoms with Crippen molar-refractivity contribution in [2.45, 2.75) is 31.3 Å². The normalized spacial score (nSPS) is 25.1. The lowest BCUT2D eigenvalue weighted by molar-refractivity contribution is 0.570. The highest BCUT2D eigenvalue weighted by atomic mass is 16.4. The molecule has 1 fully saturated rings. The number of fused-ring (bicyclic) bond motifs is 1. The number of oxazole rings is 1. The van der Waals surface area contributed by atoms with E-state index in [0.29, 0.717) is 12.1 Å². The molecule has 1 aliphatic rings. The Morgan fingerprint density at radius 3 is 2.94 bits per heavy atom. The van der Waals surface area contributed by atoms with Gasteiger partial charge in [-0.3, -0.25) is 0 Å². The topological polar surface area (TPSA) is 64.1 Å². The highest BCUT2D eigenvalue weighted by Gasteiger charge is 2.24. The SMILES string of the molecule is N[C@@H]1CCC[C@@H]1Nc1nc2ccccc2o1. The average Bonchev–Trinajstić information content (AvgIpc) is 2.85. The van der Waals surface area contributed by atoms with E-state index in [-0.39, 0.29) is 6.04 Å². The number of para-hydroxylation sites is 2. The Morgan fingerprint density at radius 2 is 2.19 bits per heavy atom. The molecular formula is C12H15N3O. The number of aromatic nitrogens is 1. The van der Waals surface area contributed by atoms with Gasteiger partial charge >= 0.3 is 0 Å². The fraction of sp³-hybridized carbons (Fsp3) is 0.417. The van der Waals surface area contributed by atoms with Crippen molar-refractivity contribution in [3.8, 4) is 0 Å². The summed E-state index contributed by atoms with van der Waals surface area (Å²) in [4.78, 5) is 4.38. The number of nitrogens with one attached hydrogen (secondary N) is 1. The van der Waals surface area contributed by atoms with E-state index >= 15 is 0 Å². The molecular weight excluding hydrogens is 202 g/mol. The number of benzene rings is 1. The van der Waals surface area contributed by atoms with Gasteiger partial charge in [0.1, 0.15) is 5.52 Å². The Balaban J connectivity index is 1.83. The lowest BCUT2D eigenvalue weighted by Crippen LogP contribution is -2.35. The Labute approximate surface area is 93.8 Å². The van der Waals surface area contributed by atoms with E-state index in [9.17, 15) is 0 Å². The molecule has 3 N–H and O–H groups in total. The quantitative estimate of drug-likeness (QED) is 0.808. The lowest BCUT2D eigenvalue weighted by atomic mass is 10.2. The Morgan fingerprint density at radius 1 is 1.31 bits per heavy atom. The van der Waals surface area contributed by atoms with E-state index in [1.54, 1.807) is 0 Å². The molecule has 1 heterocycles. The van der Waals surface area contributed by atoms with Gasteiger partial charge in [-0.2, -0.15) is 4.98 Å². The summed E-state index contributed by atoms with van der Waals surface area (Å²) in [5.41, 5.74) is 7.69. The van der Waals surface area contributed by atoms with Crippen molar-refractivity contribution in [3.05, 3.63) is 24.3 Å². The van der Waals surface area contributed by atoms with Crippen molar-refractivity contribution in [2.75, 3.05) is 5.32 Å². The molecule has 1 saturated carbocycles. The van der Waals surface area contributed by atoms with Crippen LogP contribution in [0.4, 0.5) is 6.01 Å². The van der Waals surface area contributed by atoms with Gasteiger partial charge in [-0.05, 0) is 31.4 Å². The second-order valence-electron chi connectivity index (χ2n) is 4.33. The second kappa shape index (κ2) is 3.79. The molecule has 0 radical (unpaired) electrons. The summed E-state index contributed by atoms with van der Waals surface area (Å²) in [6, 6.07) is 8.86. The minimum atomic E-state index is 0.218. The van der Waals surface area contributed by atoms with Gasteiger partial charge in [-0.15, -0.1) is 0 Å². The van der Waals surface area contributed by atoms with E-state index in [1.807, 2.05) is 24.3 Å². The van der Waals surface area contributed by atoms with Gasteiger partial charge in [0.25, 0.3) is 6.01 Å². The standard InChI is InChI=1S/C12H15N3O/c13-8-4-3-6-9(8)14-12-15-10-5-1-2-7-11(10)16-12/h1-2,5,7-9H,3-4,6,13H2,(H,14,15)/t8-,9+/m1/s1. The third-order valence-corrected chi connectivity index (χ3v) is 3.17. The van der Waals surface area contributed by atoms with Crippen LogP contribution >= 0.6 is 0 Å². The van der Waals surface area contributed by atoms with Crippen LogP contribution in [0.5, 0.6) is 0 Å². The van der Waals surface area contributed by atoms with Crippen LogP contribution in [-0.2, 0) is 0 Å². The molecule has 1 aromatic heterocycles. The molecule has 3 rings (SSSR count). The number of hydrogen-bond acceptors (Lipinski definition) is 4. The first kappa shape index (κ1) is 9.66. The summed E-state index contributed by atoms with van der Waals surface area (Å²) in [6.07, 6.45) is 3.36. The van der Waals surface area contributed by atoms with Crippen LogP contribution in [0, 0.1) is 0 Å². The minimum absolute atomic E-state index is 0.218. The lowest BCUT2D eigenvalue weighted by Gasteiger charge is -2.14. The van der Waals surface area contributed by atoms with Gasteiger partial charge in [0, 0.05) is 12.1 Å². The van der Waals surface area contributed by atoms with Crippen molar-refractivity contribution in [1.29, 1.82) is 0 Å². The van der Waals surface area contributed by atoms with Crippen LogP contribution in [0.15, 0.2) is 28.7 Å². The number of anilines is 1. The zero-order valence-electron chi connectivity index (χ0n) is 9.02. The average molecular weight is 217 g/mol. The summed E-state index contributed by atoms with van der Waals surface area (Å²) in [5, 5.41) is 3.28. The molecule has 2 aromatic rings. The van der Waals surface area contributed by atoms with Crippen LogP contribution in [0.1, 0.15) is 19.3 Å². The maximum absolute atomic E-state index is 5.99. The van der Waals surface area contributed by atoms with Gasteiger partial charge in [0.2, 0.25) is 0 Å². The molecule has 0 spiro atoms. The summed E-state index contributed by atoms with van der Waals surface area (Å²) in [7, 11) is 0. The molecule has 1 aliphatic carbocycles. The van der Waals surface area contributed by atoms with E-state index in [2.05, 4.69) is 10.3 Å². The van der Waals surface area contributed by atoms with Gasteiger partial charge in [0.15, 0.2) is 5.58 Å². The van der Waals surface area contributed by atoms with Gasteiger partial charge in [-0.1, -0.05) is 12.1 Å². The number of nitrogens with zero attached hydrogens (tertiary/aromatic N) is 1. The first-order valence-corrected chi connectivity index (χ1v) is 5.70. The number of hydrogen-bond donors (Lipinski definition) is 2. The van der Waals surface area contributed by atoms with Crippen LogP contribution in [0.2, 0.25) is 0 Å². The van der Waals surface area contributed by atoms with Crippen molar-refractivity contribution in [3.63, 3.8) is 0 Å². The van der Waals surface area contributed by atoms with E-state index in [1.165, 1.54) is 6.42 Å². The Bertz CT molecular complexity index is 461. The summed E-state index contributed by atoms with van der Waals surface area (Å²) in [5.74, 6) is 0. The maximum Gasteiger partial charge on any atom is 0.295 e. The van der Waals surface area contributed by atoms with Crippen molar-refractivity contribution < 1.29 is 4.42 Å². The number of rotatable bonds is 2. The third kappa shape index (κ3) is 1.65. The smallest absolute Gasteiger partial charge is 0.295 e. The number of nitrogens with two attached hydrogens (primary N) is 1. The maximum atomic E-state index is 5.99. The highest BCUT2D eigenvalue weighted by molar-refractivity contribution is 5.74. The summed E-state index contributed by atoms with van der Waals surface area (Å²) in [6.45, 7) is 0. The van der Waals surface area contributed by atoms with Crippen LogP contribution < -0.4 is 11.1 Å². The molecule has 0 amide bonds. The molecule has 0 unspecified atom stereocenters. The third-order valence-electron chi connectivity index (χ3n) is 3.17. The molecule has 84 valence electrons. The van der Waals surface area contributed by atoms with Gasteiger partial charge < -0.3 is 15.5 Å². The highest BCUT2D eigenvalue weighted by Crippen LogP contribution is 2.23. The first-order chi connectivity index (χ1) is 7.83. The predicted molar refractivity (Wildman–Crippen MR) is 63.2 cm³/mol. The first-order valence-electron chi connectivity index (χ1n) is 5.70. The van der Waals surface area contributed by atoms with Gasteiger partial charge in [0.05, 0.1) is 0 Å². The van der Waals surface area contributed by atoms with Crippen molar-refractivity contribution >= 4 is 17.1 Å². The molecule has 0 aliphatic heterocycles. The predicted octanol–water partition coefficient (Wildman–Crippen LogP) is 2.12. The molecule has 1 aromatic carbocycles. The fourth-order valence-corrected chi connectivity index (χ4v) is 2.26. The molecule has 16 heavy (non-hydrogen) atoms. The molecule has 0 bridgehead atoms. The molecule has 4 nitrogen and oxygen atoms in total. The Hall–Kier alpha value is -1.55. The van der Waals surface area contributed by atoms with Gasteiger partial charge in [-0.25, -0.2) is 0 Å². The zero-order chi connectivity index (χ0) is 11.0. The largest absolute Gasteiger partial charge is 0.424 e. The van der Waals surface area contributed by atoms with Crippen molar-refractivity contribution in [1.82, 2.24) is 4.98 Å². The summed E-state index contributed by atoms with van der Waals surface area (Å²) < 4.78 is 5.60. The zero-order valence-corrected chi connectivity index (χ0v) is 9.02. The second-order valence-corrected chi connectivity index (χ2v) is 4.33. The van der Waals surface area contributed by atoms with Crippen LogP contribution in [0.3, 0.4) is 0 Å². The molecule has 0 saturated heterocycles. The van der Waals surface area contributed by atoms with Crippen LogP contribution in [-0.4, -0.2) is 17.1 Å². The fourth-order valence-electron chi connectivity index (χ4n) is 2.26. The van der Waals surface area contributed by atoms with E-state index < -0.39 is 0 Å². The monoisotopic (exact) mass is 217 g/mol. The Kier molecular flexibility index (Phi) is 2.29.